The van der Waals surface area contributed by atoms with Crippen molar-refractivity contribution in [2.45, 2.75) is 19.3 Å². The fourth-order valence-corrected chi connectivity index (χ4v) is 3.76. The molecule has 1 nitrogen and oxygen atoms in total. The third-order valence-electron chi connectivity index (χ3n) is 4.26. The van der Waals surface area contributed by atoms with Gasteiger partial charge in [-0.25, -0.2) is 0 Å². The monoisotopic (exact) mass is 311 g/mol. The van der Waals surface area contributed by atoms with E-state index >= 15 is 0 Å². The minimum absolute atomic E-state index is 0.0347. The van der Waals surface area contributed by atoms with E-state index in [-0.39, 0.29) is 5.41 Å². The van der Waals surface area contributed by atoms with Crippen LogP contribution < -0.4 is 0 Å². The Bertz CT molecular complexity index is 811. The second-order valence-electron chi connectivity index (χ2n) is 5.72. The zero-order valence-electron chi connectivity index (χ0n) is 10.9. The van der Waals surface area contributed by atoms with Gasteiger partial charge in [-0.3, -0.25) is 0 Å². The van der Waals surface area contributed by atoms with Crippen molar-refractivity contribution in [1.82, 2.24) is 4.57 Å². The van der Waals surface area contributed by atoms with Crippen LogP contribution in [-0.4, -0.2) is 4.57 Å². The highest BCUT2D eigenvalue weighted by Crippen LogP contribution is 2.45. The second kappa shape index (κ2) is 3.51. The quantitative estimate of drug-likeness (QED) is 0.548. The predicted octanol–water partition coefficient (Wildman–Crippen LogP) is 5.03. The topological polar surface area (TPSA) is 4.93 Å². The Labute approximate surface area is 121 Å². The van der Waals surface area contributed by atoms with E-state index in [1.165, 1.54) is 27.7 Å². The van der Waals surface area contributed by atoms with Crippen molar-refractivity contribution < 1.29 is 0 Å². The molecule has 0 fully saturated rings. The lowest BCUT2D eigenvalue weighted by Gasteiger charge is -2.34. The summed E-state index contributed by atoms with van der Waals surface area (Å²) in [5, 5.41) is 1.30. The van der Waals surface area contributed by atoms with Gasteiger partial charge in [-0.15, -0.1) is 0 Å². The average molecular weight is 312 g/mol. The molecule has 2 aromatic carbocycles. The van der Waals surface area contributed by atoms with Crippen LogP contribution in [-0.2, 0) is 5.41 Å². The number of hydrogen-bond donors (Lipinski definition) is 0. The second-order valence-corrected chi connectivity index (χ2v) is 6.63. The molecule has 0 radical (unpaired) electrons. The molecule has 1 aromatic heterocycles. The van der Waals surface area contributed by atoms with Crippen molar-refractivity contribution in [3.8, 4) is 5.69 Å². The van der Waals surface area contributed by atoms with E-state index in [0.29, 0.717) is 0 Å². The fraction of sp³-hybridized carbons (Fsp3) is 0.176. The Morgan fingerprint density at radius 3 is 2.63 bits per heavy atom. The van der Waals surface area contributed by atoms with Crippen LogP contribution >= 0.6 is 15.9 Å². The van der Waals surface area contributed by atoms with Gasteiger partial charge in [0.2, 0.25) is 0 Å². The lowest BCUT2D eigenvalue weighted by atomic mass is 9.75. The first kappa shape index (κ1) is 11.3. The molecule has 0 saturated heterocycles. The van der Waals surface area contributed by atoms with Crippen LogP contribution in [0.3, 0.4) is 0 Å². The van der Waals surface area contributed by atoms with Crippen LogP contribution in [0.2, 0.25) is 0 Å². The van der Waals surface area contributed by atoms with Crippen LogP contribution in [0.15, 0.2) is 53.1 Å². The number of hydrogen-bond acceptors (Lipinski definition) is 0. The van der Waals surface area contributed by atoms with Crippen LogP contribution in [0.4, 0.5) is 0 Å². The van der Waals surface area contributed by atoms with Crippen molar-refractivity contribution in [3.05, 3.63) is 64.3 Å². The first-order chi connectivity index (χ1) is 9.09. The van der Waals surface area contributed by atoms with E-state index in [2.05, 4.69) is 83.0 Å². The van der Waals surface area contributed by atoms with Crippen LogP contribution in [0.5, 0.6) is 0 Å². The lowest BCUT2D eigenvalue weighted by molar-refractivity contribution is 0.628. The summed E-state index contributed by atoms with van der Waals surface area (Å²) in [6.07, 6.45) is 2.18. The summed E-state index contributed by atoms with van der Waals surface area (Å²) in [7, 11) is 0. The molecule has 0 bridgehead atoms. The van der Waals surface area contributed by atoms with Gasteiger partial charge in [0, 0.05) is 27.2 Å². The highest BCUT2D eigenvalue weighted by molar-refractivity contribution is 9.10. The standard InChI is InChI=1S/C17H14BrN/c1-17(2)13-5-3-4-6-15(13)19-8-7-11-9-12(18)10-14(17)16(11)19/h3-10H,1-2H3. The summed E-state index contributed by atoms with van der Waals surface area (Å²) in [4.78, 5) is 0. The molecule has 0 saturated carbocycles. The highest BCUT2D eigenvalue weighted by Gasteiger charge is 2.33. The maximum atomic E-state index is 3.64. The number of rotatable bonds is 0. The fourth-order valence-electron chi connectivity index (χ4n) is 3.28. The molecule has 2 heteroatoms. The Kier molecular flexibility index (Phi) is 2.09. The minimum Gasteiger partial charge on any atom is -0.316 e. The first-order valence-electron chi connectivity index (χ1n) is 6.50. The van der Waals surface area contributed by atoms with Gasteiger partial charge in [0.1, 0.15) is 0 Å². The number of fused-ring (bicyclic) bond motifs is 2. The van der Waals surface area contributed by atoms with Crippen LogP contribution in [0.25, 0.3) is 16.6 Å². The van der Waals surface area contributed by atoms with Crippen LogP contribution in [0, 0.1) is 0 Å². The molecule has 3 aromatic rings. The van der Waals surface area contributed by atoms with E-state index in [0.717, 1.165) is 4.47 Å². The van der Waals surface area contributed by atoms with E-state index in [4.69, 9.17) is 0 Å². The van der Waals surface area contributed by atoms with Crippen molar-refractivity contribution in [3.63, 3.8) is 0 Å². The van der Waals surface area contributed by atoms with E-state index in [9.17, 15) is 0 Å². The molecule has 1 aliphatic rings. The zero-order valence-corrected chi connectivity index (χ0v) is 12.5. The maximum Gasteiger partial charge on any atom is 0.0570 e. The van der Waals surface area contributed by atoms with Crippen LogP contribution in [0.1, 0.15) is 25.0 Å². The molecule has 0 aliphatic carbocycles. The molecular weight excluding hydrogens is 298 g/mol. The average Bonchev–Trinajstić information content (AvgIpc) is 2.80. The summed E-state index contributed by atoms with van der Waals surface area (Å²) >= 11 is 3.64. The molecule has 19 heavy (non-hydrogen) atoms. The minimum atomic E-state index is 0.0347. The molecule has 94 valence electrons. The SMILES string of the molecule is CC1(C)c2ccccc2-n2ccc3cc(Br)cc1c32. The summed E-state index contributed by atoms with van der Waals surface area (Å²) in [6.45, 7) is 4.62. The lowest BCUT2D eigenvalue weighted by Crippen LogP contribution is -2.26. The molecule has 0 atom stereocenters. The van der Waals surface area contributed by atoms with Gasteiger partial charge in [0.05, 0.1) is 5.52 Å². The predicted molar refractivity (Wildman–Crippen MR) is 83.1 cm³/mol. The smallest absolute Gasteiger partial charge is 0.0570 e. The van der Waals surface area contributed by atoms with E-state index in [1.807, 2.05) is 0 Å². The third kappa shape index (κ3) is 1.35. The van der Waals surface area contributed by atoms with E-state index < -0.39 is 0 Å². The number of para-hydroxylation sites is 1. The Hall–Kier alpha value is -1.54. The number of halogens is 1. The molecule has 4 rings (SSSR count). The van der Waals surface area contributed by atoms with Crippen molar-refractivity contribution >= 4 is 26.8 Å². The summed E-state index contributed by atoms with van der Waals surface area (Å²) in [6, 6.07) is 15.3. The molecule has 0 spiro atoms. The van der Waals surface area contributed by atoms with Crippen molar-refractivity contribution in [2.75, 3.05) is 0 Å². The molecule has 0 N–H and O–H groups in total. The number of benzene rings is 2. The summed E-state index contributed by atoms with van der Waals surface area (Å²) < 4.78 is 3.47. The maximum absolute atomic E-state index is 3.64. The Morgan fingerprint density at radius 2 is 1.79 bits per heavy atom. The van der Waals surface area contributed by atoms with Crippen molar-refractivity contribution in [1.29, 1.82) is 0 Å². The van der Waals surface area contributed by atoms with Crippen molar-refractivity contribution in [2.24, 2.45) is 0 Å². The number of aromatic nitrogens is 1. The van der Waals surface area contributed by atoms with Gasteiger partial charge in [-0.05, 0) is 35.4 Å². The van der Waals surface area contributed by atoms with Gasteiger partial charge in [-0.2, -0.15) is 0 Å². The summed E-state index contributed by atoms with van der Waals surface area (Å²) in [5.74, 6) is 0. The van der Waals surface area contributed by atoms with Gasteiger partial charge < -0.3 is 4.57 Å². The Balaban J connectivity index is 2.26. The molecule has 0 unspecified atom stereocenters. The molecular formula is C17H14BrN. The first-order valence-corrected chi connectivity index (χ1v) is 7.29. The molecule has 0 amide bonds. The summed E-state index contributed by atoms with van der Waals surface area (Å²) in [5.41, 5.74) is 5.45. The third-order valence-corrected chi connectivity index (χ3v) is 4.72. The van der Waals surface area contributed by atoms with Gasteiger partial charge in [-0.1, -0.05) is 48.0 Å². The molecule has 1 aliphatic heterocycles. The van der Waals surface area contributed by atoms with Gasteiger partial charge >= 0.3 is 0 Å². The largest absolute Gasteiger partial charge is 0.316 e. The molecule has 2 heterocycles. The van der Waals surface area contributed by atoms with Gasteiger partial charge in [0.25, 0.3) is 0 Å². The number of nitrogens with zero attached hydrogens (tertiary/aromatic N) is 1. The van der Waals surface area contributed by atoms with E-state index in [1.54, 1.807) is 0 Å². The zero-order chi connectivity index (χ0) is 13.2. The highest BCUT2D eigenvalue weighted by atomic mass is 79.9. The Morgan fingerprint density at radius 1 is 1.00 bits per heavy atom. The van der Waals surface area contributed by atoms with Gasteiger partial charge in [0.15, 0.2) is 0 Å². The normalized spacial score (nSPS) is 15.5.